The van der Waals surface area contributed by atoms with E-state index in [0.29, 0.717) is 19.3 Å². The van der Waals surface area contributed by atoms with E-state index in [0.717, 1.165) is 122 Å². The Morgan fingerprint density at radius 3 is 0.792 bits per heavy atom. The summed E-state index contributed by atoms with van der Waals surface area (Å²) in [6.45, 7) is 6.50. The molecular weight excluding hydrogens is 949 g/mol. The van der Waals surface area contributed by atoms with Gasteiger partial charge in [-0.2, -0.15) is 0 Å². The molecule has 0 aliphatic rings. The van der Waals surface area contributed by atoms with E-state index in [9.17, 15) is 14.4 Å². The van der Waals surface area contributed by atoms with Crippen molar-refractivity contribution < 1.29 is 28.6 Å². The number of rotatable bonds is 59. The molecule has 0 fully saturated rings. The van der Waals surface area contributed by atoms with Crippen LogP contribution in [0.1, 0.15) is 316 Å². The minimum absolute atomic E-state index is 0.0834. The monoisotopic (exact) mass is 1070 g/mol. The van der Waals surface area contributed by atoms with E-state index in [4.69, 9.17) is 14.2 Å². The molecule has 0 saturated heterocycles. The van der Waals surface area contributed by atoms with E-state index in [1.165, 1.54) is 154 Å². The zero-order valence-electron chi connectivity index (χ0n) is 50.7. The molecule has 0 spiro atoms. The predicted octanol–water partition coefficient (Wildman–Crippen LogP) is 22.4. The van der Waals surface area contributed by atoms with E-state index < -0.39 is 6.10 Å². The highest BCUT2D eigenvalue weighted by Gasteiger charge is 2.19. The van der Waals surface area contributed by atoms with Gasteiger partial charge in [0.05, 0.1) is 0 Å². The van der Waals surface area contributed by atoms with Crippen LogP contribution in [0.15, 0.2) is 97.2 Å². The molecular formula is C71H122O6. The number of unbranched alkanes of at least 4 members (excludes halogenated alkanes) is 32. The van der Waals surface area contributed by atoms with E-state index in [1.54, 1.807) is 0 Å². The van der Waals surface area contributed by atoms with Crippen LogP contribution in [0.5, 0.6) is 0 Å². The van der Waals surface area contributed by atoms with E-state index in [2.05, 4.69) is 118 Å². The summed E-state index contributed by atoms with van der Waals surface area (Å²) in [5.74, 6) is -0.896. The van der Waals surface area contributed by atoms with Crippen molar-refractivity contribution >= 4 is 17.9 Å². The highest BCUT2D eigenvalue weighted by molar-refractivity contribution is 5.71. The third-order valence-electron chi connectivity index (χ3n) is 14.1. The first kappa shape index (κ1) is 73.3. The molecule has 0 radical (unpaired) electrons. The van der Waals surface area contributed by atoms with Gasteiger partial charge < -0.3 is 14.2 Å². The highest BCUT2D eigenvalue weighted by Crippen LogP contribution is 2.16. The number of allylic oxidation sites excluding steroid dienone is 16. The van der Waals surface area contributed by atoms with Crippen LogP contribution in [0, 0.1) is 0 Å². The van der Waals surface area contributed by atoms with Crippen molar-refractivity contribution in [3.8, 4) is 0 Å². The zero-order chi connectivity index (χ0) is 55.7. The first-order valence-corrected chi connectivity index (χ1v) is 32.7. The molecule has 0 aromatic rings. The molecule has 0 amide bonds. The average molecular weight is 1070 g/mol. The van der Waals surface area contributed by atoms with Crippen LogP contribution >= 0.6 is 0 Å². The molecule has 77 heavy (non-hydrogen) atoms. The lowest BCUT2D eigenvalue weighted by Crippen LogP contribution is -2.30. The number of carbonyl (C=O) groups excluding carboxylic acids is 3. The summed E-state index contributed by atoms with van der Waals surface area (Å²) >= 11 is 0. The first-order chi connectivity index (χ1) is 38.0. The maximum absolute atomic E-state index is 12.9. The summed E-state index contributed by atoms with van der Waals surface area (Å²) in [7, 11) is 0. The van der Waals surface area contributed by atoms with Gasteiger partial charge in [-0.05, 0) is 103 Å². The summed E-state index contributed by atoms with van der Waals surface area (Å²) in [5.41, 5.74) is 0. The Hall–Kier alpha value is -3.67. The molecule has 0 rings (SSSR count). The number of ether oxygens (including phenoxy) is 3. The SMILES string of the molecule is CC/C=C\C/C=C\C/C=C\C/C=C\C/C=C\CCCCCCCC(=O)OC(COC(=O)CCCCCCCCCCC)COC(=O)CCCCCCCCCCCCCCCC/C=C\C/C=C\C/C=C\CCCCCCC. The van der Waals surface area contributed by atoms with Crippen molar-refractivity contribution in [1.29, 1.82) is 0 Å². The molecule has 6 heteroatoms. The minimum atomic E-state index is -0.787. The standard InChI is InChI=1S/C71H122O6/c1-4-7-10-13-16-19-21-23-25-27-29-31-32-33-34-35-36-37-38-40-41-43-45-47-49-52-55-58-61-64-70(73)76-67-68(66-75-69(72)63-60-57-54-51-18-15-12-9-6-3)77-71(74)65-62-59-56-53-50-48-46-44-42-39-30-28-26-24-22-20-17-14-11-8-5-2/h8,11,17,20-21,23-24,26-27,29-30,32-33,39,44,46,68H,4-7,9-10,12-16,18-19,22,25,28,31,34-38,40-43,45,47-67H2,1-3H3/b11-8-,20-17-,23-21-,26-24-,29-27-,33-32-,39-30-,46-44-. The van der Waals surface area contributed by atoms with E-state index in [1.807, 2.05) is 0 Å². The predicted molar refractivity (Wildman–Crippen MR) is 334 cm³/mol. The Morgan fingerprint density at radius 1 is 0.273 bits per heavy atom. The van der Waals surface area contributed by atoms with E-state index >= 15 is 0 Å². The van der Waals surface area contributed by atoms with Gasteiger partial charge in [0.15, 0.2) is 6.10 Å². The lowest BCUT2D eigenvalue weighted by Gasteiger charge is -2.18. The van der Waals surface area contributed by atoms with Crippen LogP contribution in [0.2, 0.25) is 0 Å². The molecule has 0 aromatic carbocycles. The summed E-state index contributed by atoms with van der Waals surface area (Å²) in [6.07, 6.45) is 87.2. The van der Waals surface area contributed by atoms with Crippen LogP contribution in [-0.4, -0.2) is 37.2 Å². The van der Waals surface area contributed by atoms with Crippen molar-refractivity contribution in [2.75, 3.05) is 13.2 Å². The Kier molecular flexibility index (Phi) is 61.8. The second kappa shape index (κ2) is 64.9. The lowest BCUT2D eigenvalue weighted by atomic mass is 10.0. The van der Waals surface area contributed by atoms with E-state index in [-0.39, 0.29) is 31.1 Å². The van der Waals surface area contributed by atoms with Gasteiger partial charge in [-0.15, -0.1) is 0 Å². The fraction of sp³-hybridized carbons (Fsp3) is 0.732. The van der Waals surface area contributed by atoms with Gasteiger partial charge in [0.1, 0.15) is 13.2 Å². The lowest BCUT2D eigenvalue weighted by molar-refractivity contribution is -0.167. The molecule has 0 aliphatic heterocycles. The fourth-order valence-electron chi connectivity index (χ4n) is 9.18. The largest absolute Gasteiger partial charge is 0.462 e. The Balaban J connectivity index is 4.20. The summed E-state index contributed by atoms with van der Waals surface area (Å²) in [6, 6.07) is 0. The van der Waals surface area contributed by atoms with Gasteiger partial charge in [0, 0.05) is 19.3 Å². The van der Waals surface area contributed by atoms with Crippen LogP contribution in [0.25, 0.3) is 0 Å². The number of hydrogen-bond acceptors (Lipinski definition) is 6. The summed E-state index contributed by atoms with van der Waals surface area (Å²) < 4.78 is 16.9. The van der Waals surface area contributed by atoms with Crippen molar-refractivity contribution in [1.82, 2.24) is 0 Å². The topological polar surface area (TPSA) is 78.9 Å². The molecule has 0 bridgehead atoms. The fourth-order valence-corrected chi connectivity index (χ4v) is 9.18. The summed E-state index contributed by atoms with van der Waals surface area (Å²) in [5, 5.41) is 0. The van der Waals surface area contributed by atoms with Crippen molar-refractivity contribution in [3.05, 3.63) is 97.2 Å². The second-order valence-corrected chi connectivity index (χ2v) is 21.6. The third kappa shape index (κ3) is 63.0. The van der Waals surface area contributed by atoms with Gasteiger partial charge in [0.2, 0.25) is 0 Å². The van der Waals surface area contributed by atoms with Crippen LogP contribution in [0.4, 0.5) is 0 Å². The van der Waals surface area contributed by atoms with Gasteiger partial charge in [-0.1, -0.05) is 291 Å². The number of esters is 3. The third-order valence-corrected chi connectivity index (χ3v) is 14.1. The minimum Gasteiger partial charge on any atom is -0.462 e. The zero-order valence-corrected chi connectivity index (χ0v) is 50.7. The van der Waals surface area contributed by atoms with Gasteiger partial charge in [-0.25, -0.2) is 0 Å². The Labute approximate surface area is 477 Å². The number of carbonyl (C=O) groups is 3. The van der Waals surface area contributed by atoms with Crippen LogP contribution in [0.3, 0.4) is 0 Å². The van der Waals surface area contributed by atoms with Crippen molar-refractivity contribution in [2.24, 2.45) is 0 Å². The molecule has 0 heterocycles. The second-order valence-electron chi connectivity index (χ2n) is 21.6. The highest BCUT2D eigenvalue weighted by atomic mass is 16.6. The first-order valence-electron chi connectivity index (χ1n) is 32.7. The smallest absolute Gasteiger partial charge is 0.306 e. The quantitative estimate of drug-likeness (QED) is 0.0261. The van der Waals surface area contributed by atoms with Gasteiger partial charge >= 0.3 is 17.9 Å². The average Bonchev–Trinajstić information content (AvgIpc) is 3.43. The maximum atomic E-state index is 12.9. The van der Waals surface area contributed by atoms with Crippen LogP contribution in [-0.2, 0) is 28.6 Å². The Bertz CT molecular complexity index is 1510. The molecule has 1 atom stereocenters. The normalized spacial score (nSPS) is 12.7. The molecule has 6 nitrogen and oxygen atoms in total. The molecule has 1 unspecified atom stereocenters. The Morgan fingerprint density at radius 2 is 0.506 bits per heavy atom. The van der Waals surface area contributed by atoms with Crippen molar-refractivity contribution in [2.45, 2.75) is 322 Å². The molecule has 0 saturated carbocycles. The number of hydrogen-bond donors (Lipinski definition) is 0. The van der Waals surface area contributed by atoms with Gasteiger partial charge in [-0.3, -0.25) is 14.4 Å². The van der Waals surface area contributed by atoms with Crippen molar-refractivity contribution in [3.63, 3.8) is 0 Å². The molecule has 0 aromatic heterocycles. The van der Waals surface area contributed by atoms with Gasteiger partial charge in [0.25, 0.3) is 0 Å². The maximum Gasteiger partial charge on any atom is 0.306 e. The molecule has 0 N–H and O–H groups in total. The van der Waals surface area contributed by atoms with Crippen LogP contribution < -0.4 is 0 Å². The molecule has 442 valence electrons. The summed E-state index contributed by atoms with van der Waals surface area (Å²) in [4.78, 5) is 38.2. The molecule has 0 aliphatic carbocycles.